The maximum absolute atomic E-state index is 12.1. The molecule has 4 nitrogen and oxygen atoms in total. The van der Waals surface area contributed by atoms with Gasteiger partial charge in [-0.1, -0.05) is 11.6 Å². The van der Waals surface area contributed by atoms with Gasteiger partial charge in [0, 0.05) is 30.3 Å². The second-order valence-electron chi connectivity index (χ2n) is 4.63. The van der Waals surface area contributed by atoms with Crippen molar-refractivity contribution in [1.82, 2.24) is 4.90 Å². The molecule has 0 N–H and O–H groups in total. The number of amides is 1. The van der Waals surface area contributed by atoms with Crippen LogP contribution in [0.4, 0.5) is 0 Å². The summed E-state index contributed by atoms with van der Waals surface area (Å²) in [7, 11) is 3.31. The number of likely N-dealkylation sites (N-methyl/N-ethyl adjacent to an activating group) is 1. The lowest BCUT2D eigenvalue weighted by atomic mass is 10.2. The molecule has 2 aromatic rings. The topological polar surface area (TPSA) is 42.7 Å². The van der Waals surface area contributed by atoms with Crippen LogP contribution in [0.25, 0.3) is 6.08 Å². The summed E-state index contributed by atoms with van der Waals surface area (Å²) in [5, 5.41) is 0.609. The largest absolute Gasteiger partial charge is 0.496 e. The Morgan fingerprint density at radius 3 is 2.82 bits per heavy atom. The minimum Gasteiger partial charge on any atom is -0.496 e. The summed E-state index contributed by atoms with van der Waals surface area (Å²) in [4.78, 5) is 13.7. The predicted molar refractivity (Wildman–Crippen MR) is 94.9 cm³/mol. The van der Waals surface area contributed by atoms with Crippen molar-refractivity contribution in [1.29, 1.82) is 0 Å². The van der Waals surface area contributed by atoms with Crippen LogP contribution in [0.5, 0.6) is 5.75 Å². The number of carbonyl (C=O) groups is 1. The molecule has 0 aliphatic carbocycles. The molecule has 0 spiro atoms. The molecule has 0 radical (unpaired) electrons. The molecule has 1 heterocycles. The molecule has 0 bridgehead atoms. The van der Waals surface area contributed by atoms with Gasteiger partial charge in [0.05, 0.1) is 7.11 Å². The summed E-state index contributed by atoms with van der Waals surface area (Å²) in [6.45, 7) is 0.405. The van der Waals surface area contributed by atoms with Crippen LogP contribution in [0.15, 0.2) is 40.8 Å². The second kappa shape index (κ2) is 7.69. The zero-order chi connectivity index (χ0) is 16.1. The van der Waals surface area contributed by atoms with Crippen molar-refractivity contribution in [3.8, 4) is 5.75 Å². The van der Waals surface area contributed by atoms with Crippen LogP contribution < -0.4 is 4.74 Å². The molecule has 1 aromatic carbocycles. The number of methoxy groups -OCH3 is 1. The Kier molecular flexibility index (Phi) is 5.90. The summed E-state index contributed by atoms with van der Waals surface area (Å²) in [5.41, 5.74) is 0.854. The molecule has 0 unspecified atom stereocenters. The number of nitrogens with zero attached hydrogens (tertiary/aromatic N) is 1. The van der Waals surface area contributed by atoms with Crippen molar-refractivity contribution in [2.75, 3.05) is 14.2 Å². The molecule has 6 heteroatoms. The average Bonchev–Trinajstić information content (AvgIpc) is 2.90. The smallest absolute Gasteiger partial charge is 0.246 e. The van der Waals surface area contributed by atoms with E-state index in [1.165, 1.54) is 6.08 Å². The van der Waals surface area contributed by atoms with Gasteiger partial charge in [0.15, 0.2) is 3.77 Å². The molecule has 1 amide bonds. The number of halogens is 2. The quantitative estimate of drug-likeness (QED) is 0.526. The highest BCUT2D eigenvalue weighted by Crippen LogP contribution is 2.23. The first kappa shape index (κ1) is 16.9. The van der Waals surface area contributed by atoms with Gasteiger partial charge in [-0.25, -0.2) is 0 Å². The summed E-state index contributed by atoms with van der Waals surface area (Å²) in [5.74, 6) is 1.22. The Balaban J connectivity index is 2.05. The molecular formula is C16H15ClINO3. The SMILES string of the molecule is COc1ccc(Cl)cc1CN(C)C(=O)/C=C/c1ccc(I)o1. The van der Waals surface area contributed by atoms with Gasteiger partial charge in [-0.2, -0.15) is 0 Å². The third-order valence-electron chi connectivity index (χ3n) is 3.01. The van der Waals surface area contributed by atoms with Crippen LogP contribution in [0.3, 0.4) is 0 Å². The van der Waals surface area contributed by atoms with E-state index in [4.69, 9.17) is 20.8 Å². The maximum atomic E-state index is 12.1. The molecule has 0 atom stereocenters. The highest BCUT2D eigenvalue weighted by atomic mass is 127. The van der Waals surface area contributed by atoms with Crippen molar-refractivity contribution < 1.29 is 13.9 Å². The Morgan fingerprint density at radius 2 is 2.18 bits per heavy atom. The monoisotopic (exact) mass is 431 g/mol. The summed E-state index contributed by atoms with van der Waals surface area (Å²) >= 11 is 8.07. The van der Waals surface area contributed by atoms with Crippen molar-refractivity contribution >= 4 is 46.2 Å². The van der Waals surface area contributed by atoms with E-state index >= 15 is 0 Å². The molecular weight excluding hydrogens is 417 g/mol. The molecule has 22 heavy (non-hydrogen) atoms. The van der Waals surface area contributed by atoms with Gasteiger partial charge in [0.25, 0.3) is 0 Å². The molecule has 116 valence electrons. The first-order valence-corrected chi connectivity index (χ1v) is 7.96. The van der Waals surface area contributed by atoms with Crippen LogP contribution >= 0.6 is 34.2 Å². The number of furan rings is 1. The standard InChI is InChI=1S/C16H15ClINO3/c1-19(10-11-9-12(17)3-6-14(11)21-2)16(20)8-5-13-4-7-15(18)22-13/h3-9H,10H2,1-2H3/b8-5+. The van der Waals surface area contributed by atoms with Crippen LogP contribution in [-0.4, -0.2) is 25.0 Å². The first-order chi connectivity index (χ1) is 10.5. The van der Waals surface area contributed by atoms with Crippen LogP contribution in [0, 0.1) is 3.77 Å². The lowest BCUT2D eigenvalue weighted by Crippen LogP contribution is -2.24. The number of hydrogen-bond donors (Lipinski definition) is 0. The Hall–Kier alpha value is -1.47. The number of carbonyl (C=O) groups excluding carboxylic acids is 1. The number of benzene rings is 1. The van der Waals surface area contributed by atoms with E-state index in [0.717, 1.165) is 9.33 Å². The number of hydrogen-bond acceptors (Lipinski definition) is 3. The van der Waals surface area contributed by atoms with Crippen molar-refractivity contribution in [2.45, 2.75) is 6.54 Å². The summed E-state index contributed by atoms with van der Waals surface area (Å²) in [6, 6.07) is 8.99. The van der Waals surface area contributed by atoms with Crippen LogP contribution in [0.2, 0.25) is 5.02 Å². The summed E-state index contributed by atoms with van der Waals surface area (Å²) < 4.78 is 11.4. The van der Waals surface area contributed by atoms with Gasteiger partial charge in [-0.15, -0.1) is 0 Å². The Morgan fingerprint density at radius 1 is 1.41 bits per heavy atom. The van der Waals surface area contributed by atoms with Gasteiger partial charge >= 0.3 is 0 Å². The molecule has 0 saturated heterocycles. The fraction of sp³-hybridized carbons (Fsp3) is 0.188. The predicted octanol–water partition coefficient (Wildman–Crippen LogP) is 4.22. The molecule has 1 aromatic heterocycles. The van der Waals surface area contributed by atoms with E-state index in [0.29, 0.717) is 23.1 Å². The molecule has 0 fully saturated rings. The molecule has 0 aliphatic heterocycles. The van der Waals surface area contributed by atoms with Crippen molar-refractivity contribution in [3.63, 3.8) is 0 Å². The highest BCUT2D eigenvalue weighted by Gasteiger charge is 2.10. The van der Waals surface area contributed by atoms with E-state index in [2.05, 4.69) is 22.6 Å². The van der Waals surface area contributed by atoms with Crippen molar-refractivity contribution in [2.24, 2.45) is 0 Å². The Bertz CT molecular complexity index is 696. The van der Waals surface area contributed by atoms with Crippen LogP contribution in [0.1, 0.15) is 11.3 Å². The van der Waals surface area contributed by atoms with Crippen LogP contribution in [-0.2, 0) is 11.3 Å². The number of rotatable bonds is 5. The maximum Gasteiger partial charge on any atom is 0.246 e. The fourth-order valence-electron chi connectivity index (χ4n) is 1.90. The van der Waals surface area contributed by atoms with Gasteiger partial charge in [0.1, 0.15) is 11.5 Å². The fourth-order valence-corrected chi connectivity index (χ4v) is 2.53. The third kappa shape index (κ3) is 4.51. The van der Waals surface area contributed by atoms with Gasteiger partial charge in [0.2, 0.25) is 5.91 Å². The zero-order valence-corrected chi connectivity index (χ0v) is 15.1. The lowest BCUT2D eigenvalue weighted by molar-refractivity contribution is -0.125. The number of ether oxygens (including phenoxy) is 1. The molecule has 0 saturated carbocycles. The molecule has 2 rings (SSSR count). The lowest BCUT2D eigenvalue weighted by Gasteiger charge is -2.17. The van der Waals surface area contributed by atoms with E-state index in [1.807, 2.05) is 12.1 Å². The zero-order valence-electron chi connectivity index (χ0n) is 12.2. The Labute approximate surface area is 147 Å². The third-order valence-corrected chi connectivity index (χ3v) is 3.83. The van der Waals surface area contributed by atoms with Crippen molar-refractivity contribution in [3.05, 3.63) is 56.5 Å². The van der Waals surface area contributed by atoms with E-state index in [1.54, 1.807) is 43.3 Å². The van der Waals surface area contributed by atoms with Gasteiger partial charge < -0.3 is 14.1 Å². The minimum atomic E-state index is -0.131. The van der Waals surface area contributed by atoms with E-state index < -0.39 is 0 Å². The van der Waals surface area contributed by atoms with Gasteiger partial charge in [-0.3, -0.25) is 4.79 Å². The van der Waals surface area contributed by atoms with E-state index in [-0.39, 0.29) is 5.91 Å². The minimum absolute atomic E-state index is 0.131. The first-order valence-electron chi connectivity index (χ1n) is 6.50. The van der Waals surface area contributed by atoms with E-state index in [9.17, 15) is 4.79 Å². The summed E-state index contributed by atoms with van der Waals surface area (Å²) in [6.07, 6.45) is 3.13. The highest BCUT2D eigenvalue weighted by molar-refractivity contribution is 14.1. The average molecular weight is 432 g/mol. The normalized spacial score (nSPS) is 10.9. The molecule has 0 aliphatic rings. The van der Waals surface area contributed by atoms with Gasteiger partial charge in [-0.05, 0) is 59.0 Å². The second-order valence-corrected chi connectivity index (χ2v) is 6.13.